The fourth-order valence-corrected chi connectivity index (χ4v) is 2.86. The van der Waals surface area contributed by atoms with E-state index in [1.165, 1.54) is 37.5 Å². The van der Waals surface area contributed by atoms with E-state index in [-0.39, 0.29) is 12.4 Å². The molecule has 13 heavy (non-hydrogen) atoms. The molecule has 1 heterocycles. The normalized spacial score (nSPS) is 19.8. The van der Waals surface area contributed by atoms with Gasteiger partial charge in [-0.3, -0.25) is 0 Å². The van der Waals surface area contributed by atoms with Crippen LogP contribution in [0.5, 0.6) is 0 Å². The zero-order valence-electron chi connectivity index (χ0n) is 8.42. The van der Waals surface area contributed by atoms with Crippen LogP contribution in [-0.2, 0) is 0 Å². The molecule has 0 spiro atoms. The minimum absolute atomic E-state index is 0. The summed E-state index contributed by atoms with van der Waals surface area (Å²) in [4.78, 5) is 4.26. The van der Waals surface area contributed by atoms with Crippen molar-refractivity contribution in [2.45, 2.75) is 39.5 Å². The van der Waals surface area contributed by atoms with Gasteiger partial charge in [0.05, 0.1) is 5.37 Å². The van der Waals surface area contributed by atoms with Gasteiger partial charge < -0.3 is 12.4 Å². The quantitative estimate of drug-likeness (QED) is 0.357. The molecular formula is C10H18ClNS. The fraction of sp³-hybridized carbons (Fsp3) is 0.700. The second kappa shape index (κ2) is 7.45. The van der Waals surface area contributed by atoms with Crippen molar-refractivity contribution in [2.24, 2.45) is 4.99 Å². The van der Waals surface area contributed by atoms with Gasteiger partial charge >= 0.3 is 0 Å². The summed E-state index contributed by atoms with van der Waals surface area (Å²) in [5, 5.41) is 2.30. The van der Waals surface area contributed by atoms with Crippen LogP contribution in [0.15, 0.2) is 4.99 Å². The summed E-state index contributed by atoms with van der Waals surface area (Å²) >= 11 is 0. The van der Waals surface area contributed by atoms with E-state index in [0.717, 1.165) is 0 Å². The average Bonchev–Trinajstić information content (AvgIpc) is 2.45. The monoisotopic (exact) mass is 219 g/mol. The number of hydrogen-bond acceptors (Lipinski definition) is 1. The highest BCUT2D eigenvalue weighted by molar-refractivity contribution is 8.26. The van der Waals surface area contributed by atoms with Crippen molar-refractivity contribution in [3.63, 3.8) is 0 Å². The highest BCUT2D eigenvalue weighted by Gasteiger charge is 2.13. The van der Waals surface area contributed by atoms with Crippen molar-refractivity contribution >= 4 is 21.4 Å². The maximum Gasteiger partial charge on any atom is 0.193 e. The van der Waals surface area contributed by atoms with Crippen LogP contribution in [0, 0.1) is 6.04 Å². The second-order valence-corrected chi connectivity index (χ2v) is 5.02. The molecule has 1 rings (SSSR count). The Labute approximate surface area is 90.4 Å². The maximum atomic E-state index is 4.26. The van der Waals surface area contributed by atoms with Crippen LogP contribution in [-0.4, -0.2) is 16.7 Å². The molecule has 0 bridgehead atoms. The molecule has 0 aromatic rings. The standard InChI is InChI=1S/C10H18NS.ClH/c1-3-4-5-6-7-12-8-10(2)11-9-12;/h8-9H,3-7H2,1-2H3;1H/q+1;/p-1. The highest BCUT2D eigenvalue weighted by atomic mass is 35.5. The smallest absolute Gasteiger partial charge is 0.193 e. The molecule has 0 radical (unpaired) electrons. The van der Waals surface area contributed by atoms with Crippen LogP contribution < -0.4 is 12.4 Å². The lowest BCUT2D eigenvalue weighted by Crippen LogP contribution is -3.00. The number of nitrogens with zero attached hydrogens (tertiary/aromatic N) is 1. The number of unbranched alkanes of at least 4 members (excludes halogenated alkanes) is 3. The minimum Gasteiger partial charge on any atom is -1.00 e. The predicted octanol–water partition coefficient (Wildman–Crippen LogP) is 0.236. The van der Waals surface area contributed by atoms with E-state index in [2.05, 4.69) is 29.8 Å². The van der Waals surface area contributed by atoms with E-state index in [1.54, 1.807) is 0 Å². The summed E-state index contributed by atoms with van der Waals surface area (Å²) in [5.74, 6) is 1.32. The molecule has 1 aliphatic heterocycles. The second-order valence-electron chi connectivity index (χ2n) is 3.23. The van der Waals surface area contributed by atoms with Crippen molar-refractivity contribution < 1.29 is 12.4 Å². The van der Waals surface area contributed by atoms with Crippen LogP contribution in [0.1, 0.15) is 39.5 Å². The Morgan fingerprint density at radius 3 is 2.62 bits per heavy atom. The lowest BCUT2D eigenvalue weighted by Gasteiger charge is -1.95. The molecule has 0 aromatic heterocycles. The Kier molecular flexibility index (Phi) is 7.48. The number of rotatable bonds is 5. The molecule has 1 atom stereocenters. The molecule has 0 saturated heterocycles. The first-order valence-electron chi connectivity index (χ1n) is 4.74. The summed E-state index contributed by atoms with van der Waals surface area (Å²) < 4.78 is 0. The summed E-state index contributed by atoms with van der Waals surface area (Å²) in [6, 6.07) is 1.20. The van der Waals surface area contributed by atoms with Gasteiger partial charge in [0.25, 0.3) is 0 Å². The molecule has 0 aromatic carbocycles. The highest BCUT2D eigenvalue weighted by Crippen LogP contribution is 2.20. The van der Waals surface area contributed by atoms with Crippen LogP contribution >= 0.6 is 10.5 Å². The summed E-state index contributed by atoms with van der Waals surface area (Å²) in [6.45, 7) is 4.33. The van der Waals surface area contributed by atoms with E-state index in [4.69, 9.17) is 0 Å². The minimum atomic E-state index is 0. The molecule has 0 fully saturated rings. The maximum absolute atomic E-state index is 4.26. The Bertz CT molecular complexity index is 189. The molecule has 1 nitrogen and oxygen atoms in total. The Hall–Kier alpha value is 0.0500. The lowest BCUT2D eigenvalue weighted by atomic mass is 10.2. The SMILES string of the molecule is CCCCCCS1=C[C+](C)N=C1.[Cl-]. The summed E-state index contributed by atoms with van der Waals surface area (Å²) in [5.41, 5.74) is 2.11. The topological polar surface area (TPSA) is 12.4 Å². The molecule has 0 N–H and O–H groups in total. The summed E-state index contributed by atoms with van der Waals surface area (Å²) in [7, 11) is 0.385. The van der Waals surface area contributed by atoms with Gasteiger partial charge in [0.1, 0.15) is 0 Å². The molecule has 76 valence electrons. The predicted molar refractivity (Wildman–Crippen MR) is 60.1 cm³/mol. The van der Waals surface area contributed by atoms with Crippen LogP contribution in [0.25, 0.3) is 0 Å². The van der Waals surface area contributed by atoms with E-state index in [1.807, 2.05) is 0 Å². The van der Waals surface area contributed by atoms with Crippen LogP contribution in [0.4, 0.5) is 0 Å². The lowest BCUT2D eigenvalue weighted by molar-refractivity contribution is -0.00000259. The van der Waals surface area contributed by atoms with Gasteiger partial charge in [-0.25, -0.2) is 0 Å². The van der Waals surface area contributed by atoms with Gasteiger partial charge in [-0.15, -0.1) is 0 Å². The fourth-order valence-electron chi connectivity index (χ4n) is 1.24. The number of aliphatic imine (C=N–C) groups is 1. The third-order valence-electron chi connectivity index (χ3n) is 1.95. The first-order valence-corrected chi connectivity index (χ1v) is 6.26. The first-order chi connectivity index (χ1) is 5.83. The molecular weight excluding hydrogens is 202 g/mol. The van der Waals surface area contributed by atoms with E-state index in [9.17, 15) is 0 Å². The molecule has 0 aliphatic carbocycles. The van der Waals surface area contributed by atoms with E-state index >= 15 is 0 Å². The zero-order chi connectivity index (χ0) is 8.81. The Balaban J connectivity index is 0.00000144. The molecule has 0 amide bonds. The Morgan fingerprint density at radius 1 is 1.31 bits per heavy atom. The third kappa shape index (κ3) is 5.37. The summed E-state index contributed by atoms with van der Waals surface area (Å²) in [6.07, 6.45) is 5.47. The van der Waals surface area contributed by atoms with Crippen LogP contribution in [0.2, 0.25) is 0 Å². The van der Waals surface area contributed by atoms with Gasteiger partial charge in [0.2, 0.25) is 0 Å². The number of hydrogen-bond donors (Lipinski definition) is 0. The molecule has 1 aliphatic rings. The van der Waals surface area contributed by atoms with Crippen molar-refractivity contribution in [3.8, 4) is 0 Å². The largest absolute Gasteiger partial charge is 1.00 e. The van der Waals surface area contributed by atoms with Crippen LogP contribution in [0.3, 0.4) is 0 Å². The van der Waals surface area contributed by atoms with E-state index < -0.39 is 0 Å². The van der Waals surface area contributed by atoms with Crippen molar-refractivity contribution in [1.82, 2.24) is 0 Å². The van der Waals surface area contributed by atoms with E-state index in [0.29, 0.717) is 10.5 Å². The Morgan fingerprint density at radius 2 is 2.08 bits per heavy atom. The number of halogens is 1. The van der Waals surface area contributed by atoms with Crippen molar-refractivity contribution in [1.29, 1.82) is 0 Å². The van der Waals surface area contributed by atoms with Gasteiger partial charge in [-0.1, -0.05) is 31.2 Å². The van der Waals surface area contributed by atoms with Crippen molar-refractivity contribution in [2.75, 3.05) is 5.75 Å². The zero-order valence-corrected chi connectivity index (χ0v) is 10.00. The third-order valence-corrected chi connectivity index (χ3v) is 3.73. The van der Waals surface area contributed by atoms with Gasteiger partial charge in [0, 0.05) is 12.7 Å². The molecule has 1 unspecified atom stereocenters. The van der Waals surface area contributed by atoms with Gasteiger partial charge in [0.15, 0.2) is 11.6 Å². The average molecular weight is 220 g/mol. The first kappa shape index (κ1) is 13.1. The molecule has 0 saturated carbocycles. The van der Waals surface area contributed by atoms with Gasteiger partial charge in [-0.05, 0) is 16.9 Å². The van der Waals surface area contributed by atoms with Crippen molar-refractivity contribution in [3.05, 3.63) is 6.04 Å². The van der Waals surface area contributed by atoms with Gasteiger partial charge in [-0.2, -0.15) is 0 Å². The molecule has 3 heteroatoms.